The van der Waals surface area contributed by atoms with E-state index in [1.54, 1.807) is 0 Å². The highest BCUT2D eigenvalue weighted by Crippen LogP contribution is 2.61. The zero-order chi connectivity index (χ0) is 22.8. The first kappa shape index (κ1) is 27.6. The molecule has 0 aliphatic heterocycles. The van der Waals surface area contributed by atoms with Gasteiger partial charge in [-0.25, -0.2) is 0 Å². The summed E-state index contributed by atoms with van der Waals surface area (Å²) in [7, 11) is 0. The molecule has 0 aromatic rings. The lowest BCUT2D eigenvalue weighted by molar-refractivity contribution is -0.440. The third-order valence-electron chi connectivity index (χ3n) is 3.65. The largest absolute Gasteiger partial charge is 0.460 e. The number of allylic oxidation sites excluding steroid dienone is 1. The second kappa shape index (κ2) is 8.74. The van der Waals surface area contributed by atoms with E-state index in [1.807, 2.05) is 0 Å². The van der Waals surface area contributed by atoms with Crippen molar-refractivity contribution in [3.63, 3.8) is 0 Å². The van der Waals surface area contributed by atoms with Gasteiger partial charge in [-0.3, -0.25) is 0 Å². The van der Waals surface area contributed by atoms with Crippen LogP contribution >= 0.6 is 22.6 Å². The maximum Gasteiger partial charge on any atom is 0.460 e. The van der Waals surface area contributed by atoms with Crippen LogP contribution in [0.2, 0.25) is 0 Å². The summed E-state index contributed by atoms with van der Waals surface area (Å²) in [5.74, 6) is -36.4. The van der Waals surface area contributed by atoms with Crippen LogP contribution in [-0.2, 0) is 0 Å². The molecule has 0 aliphatic carbocycles. The normalized spacial score (nSPS) is 16.2. The van der Waals surface area contributed by atoms with Crippen molar-refractivity contribution < 1.29 is 57.1 Å². The van der Waals surface area contributed by atoms with Crippen LogP contribution in [0.3, 0.4) is 0 Å². The molecule has 0 N–H and O–H groups in total. The highest BCUT2D eigenvalue weighted by atomic mass is 127. The van der Waals surface area contributed by atoms with E-state index in [1.165, 1.54) is 6.08 Å². The number of hydrogen-bond acceptors (Lipinski definition) is 0. The minimum absolute atomic E-state index is 0.139. The van der Waals surface area contributed by atoms with Crippen LogP contribution in [0.5, 0.6) is 0 Å². The SMILES string of the molecule is C=CCCCCC(I)CC(F)(F)C(F)(F)C(F)(F)C(F)(F)C(F)(F)C(F)(F)F. The fourth-order valence-corrected chi connectivity index (χ4v) is 2.96. The van der Waals surface area contributed by atoms with Gasteiger partial charge in [-0.2, -0.15) is 57.1 Å². The molecule has 0 saturated carbocycles. The number of rotatable bonds is 11. The zero-order valence-electron chi connectivity index (χ0n) is 13.7. The van der Waals surface area contributed by atoms with E-state index in [-0.39, 0.29) is 12.8 Å². The van der Waals surface area contributed by atoms with E-state index in [4.69, 9.17) is 0 Å². The Hall–Kier alpha value is -0.440. The Balaban J connectivity index is 5.70. The molecule has 14 heteroatoms. The van der Waals surface area contributed by atoms with E-state index < -0.39 is 46.1 Å². The minimum Gasteiger partial charge on any atom is -0.200 e. The molecule has 168 valence electrons. The summed E-state index contributed by atoms with van der Waals surface area (Å²) < 4.78 is 167. The molecular weight excluding hydrogens is 542 g/mol. The standard InChI is InChI=1S/C14H14F13I/c1-2-3-4-5-6-8(28)7-9(15,16)10(17,18)11(19,20)12(21,22)13(23,24)14(25,26)27/h2,8H,1,3-7H2. The molecule has 0 rings (SSSR count). The first-order valence-electron chi connectivity index (χ1n) is 7.41. The lowest BCUT2D eigenvalue weighted by Crippen LogP contribution is -2.70. The average Bonchev–Trinajstić information content (AvgIpc) is 2.49. The molecule has 0 amide bonds. The van der Waals surface area contributed by atoms with Gasteiger partial charge in [0.1, 0.15) is 0 Å². The van der Waals surface area contributed by atoms with Gasteiger partial charge in [0.2, 0.25) is 0 Å². The molecule has 0 bridgehead atoms. The topological polar surface area (TPSA) is 0 Å². The van der Waals surface area contributed by atoms with E-state index in [0.29, 0.717) is 12.8 Å². The van der Waals surface area contributed by atoms with E-state index in [0.717, 1.165) is 22.6 Å². The third-order valence-corrected chi connectivity index (χ3v) is 4.72. The summed E-state index contributed by atoms with van der Waals surface area (Å²) >= 11 is 1.14. The second-order valence-corrected chi connectivity index (χ2v) is 7.64. The van der Waals surface area contributed by atoms with Gasteiger partial charge in [-0.05, 0) is 19.3 Å². The van der Waals surface area contributed by atoms with Crippen molar-refractivity contribution >= 4 is 22.6 Å². The van der Waals surface area contributed by atoms with Crippen LogP contribution in [0, 0.1) is 0 Å². The molecule has 0 nitrogen and oxygen atoms in total. The second-order valence-electron chi connectivity index (χ2n) is 5.87. The zero-order valence-corrected chi connectivity index (χ0v) is 15.8. The Bertz CT molecular complexity index is 524. The van der Waals surface area contributed by atoms with Gasteiger partial charge in [-0.1, -0.05) is 35.1 Å². The lowest BCUT2D eigenvalue weighted by atomic mass is 9.91. The van der Waals surface area contributed by atoms with Gasteiger partial charge < -0.3 is 0 Å². The third kappa shape index (κ3) is 4.99. The first-order chi connectivity index (χ1) is 12.2. The lowest BCUT2D eigenvalue weighted by Gasteiger charge is -2.40. The predicted molar refractivity (Wildman–Crippen MR) is 81.9 cm³/mol. The Kier molecular flexibility index (Phi) is 8.60. The van der Waals surface area contributed by atoms with Crippen molar-refractivity contribution in [3.8, 4) is 0 Å². The van der Waals surface area contributed by atoms with E-state index >= 15 is 0 Å². The van der Waals surface area contributed by atoms with Crippen molar-refractivity contribution in [1.82, 2.24) is 0 Å². The van der Waals surface area contributed by atoms with Crippen LogP contribution in [0.25, 0.3) is 0 Å². The molecule has 0 fully saturated rings. The van der Waals surface area contributed by atoms with Crippen LogP contribution < -0.4 is 0 Å². The van der Waals surface area contributed by atoms with Gasteiger partial charge in [0.05, 0.1) is 0 Å². The molecule has 0 aliphatic rings. The number of alkyl halides is 14. The first-order valence-corrected chi connectivity index (χ1v) is 8.66. The van der Waals surface area contributed by atoms with E-state index in [9.17, 15) is 57.1 Å². The van der Waals surface area contributed by atoms with Crippen molar-refractivity contribution in [1.29, 1.82) is 0 Å². The summed E-state index contributed by atoms with van der Waals surface area (Å²) in [5, 5.41) is 0. The molecular formula is C14H14F13I. The molecule has 1 unspecified atom stereocenters. The highest BCUT2D eigenvalue weighted by molar-refractivity contribution is 14.1. The molecule has 0 aromatic carbocycles. The van der Waals surface area contributed by atoms with Crippen LogP contribution in [-0.4, -0.2) is 39.7 Å². The van der Waals surface area contributed by atoms with Crippen LogP contribution in [0.4, 0.5) is 57.1 Å². The summed E-state index contributed by atoms with van der Waals surface area (Å²) in [6.07, 6.45) is -7.43. The maximum absolute atomic E-state index is 13.6. The average molecular weight is 556 g/mol. The van der Waals surface area contributed by atoms with Crippen molar-refractivity contribution in [2.45, 2.75) is 71.8 Å². The Labute approximate surface area is 164 Å². The van der Waals surface area contributed by atoms with Gasteiger partial charge >= 0.3 is 35.8 Å². The van der Waals surface area contributed by atoms with Gasteiger partial charge in [0.25, 0.3) is 0 Å². The fourth-order valence-electron chi connectivity index (χ4n) is 1.96. The monoisotopic (exact) mass is 556 g/mol. The Morgan fingerprint density at radius 2 is 1.11 bits per heavy atom. The van der Waals surface area contributed by atoms with E-state index in [2.05, 4.69) is 6.58 Å². The minimum atomic E-state index is -7.84. The Morgan fingerprint density at radius 1 is 0.679 bits per heavy atom. The quantitative estimate of drug-likeness (QED) is 0.0807. The Morgan fingerprint density at radius 3 is 1.50 bits per heavy atom. The van der Waals surface area contributed by atoms with Crippen LogP contribution in [0.1, 0.15) is 32.1 Å². The van der Waals surface area contributed by atoms with Crippen LogP contribution in [0.15, 0.2) is 12.7 Å². The van der Waals surface area contributed by atoms with Gasteiger partial charge in [0, 0.05) is 10.3 Å². The molecule has 0 spiro atoms. The smallest absolute Gasteiger partial charge is 0.200 e. The fraction of sp³-hybridized carbons (Fsp3) is 0.857. The molecule has 0 aromatic heterocycles. The summed E-state index contributed by atoms with van der Waals surface area (Å²) in [6, 6.07) is 0. The van der Waals surface area contributed by atoms with Crippen molar-refractivity contribution in [3.05, 3.63) is 12.7 Å². The number of hydrogen-bond donors (Lipinski definition) is 0. The summed E-state index contributed by atoms with van der Waals surface area (Å²) in [6.45, 7) is 3.34. The van der Waals surface area contributed by atoms with Gasteiger partial charge in [0.15, 0.2) is 0 Å². The highest BCUT2D eigenvalue weighted by Gasteiger charge is 2.90. The maximum atomic E-state index is 13.6. The molecule has 1 atom stereocenters. The summed E-state index contributed by atoms with van der Waals surface area (Å²) in [5.41, 5.74) is 0. The van der Waals surface area contributed by atoms with Gasteiger partial charge in [-0.15, -0.1) is 6.58 Å². The summed E-state index contributed by atoms with van der Waals surface area (Å²) in [4.78, 5) is 0. The number of halogens is 14. The molecule has 0 heterocycles. The van der Waals surface area contributed by atoms with Crippen molar-refractivity contribution in [2.75, 3.05) is 0 Å². The van der Waals surface area contributed by atoms with Crippen molar-refractivity contribution in [2.24, 2.45) is 0 Å². The molecule has 0 saturated heterocycles. The predicted octanol–water partition coefficient (Wildman–Crippen LogP) is 7.67. The number of unbranched alkanes of at least 4 members (excludes halogenated alkanes) is 2. The molecule has 28 heavy (non-hydrogen) atoms. The molecule has 0 radical (unpaired) electrons.